The van der Waals surface area contributed by atoms with E-state index in [1.807, 2.05) is 24.3 Å². The van der Waals surface area contributed by atoms with Crippen molar-refractivity contribution >= 4 is 39.3 Å². The maximum absolute atomic E-state index is 12.3. The van der Waals surface area contributed by atoms with Crippen LogP contribution in [0.5, 0.6) is 0 Å². The molecule has 1 saturated heterocycles. The summed E-state index contributed by atoms with van der Waals surface area (Å²) in [6, 6.07) is 14.5. The van der Waals surface area contributed by atoms with Gasteiger partial charge in [-0.25, -0.2) is 0 Å². The van der Waals surface area contributed by atoms with Crippen LogP contribution in [0.1, 0.15) is 29.3 Å². The zero-order chi connectivity index (χ0) is 19.4. The molecule has 0 aliphatic carbocycles. The highest BCUT2D eigenvalue weighted by Crippen LogP contribution is 2.25. The van der Waals surface area contributed by atoms with Gasteiger partial charge in [-0.05, 0) is 48.4 Å². The molecule has 0 spiro atoms. The van der Waals surface area contributed by atoms with Crippen molar-refractivity contribution in [3.63, 3.8) is 0 Å². The third kappa shape index (κ3) is 4.54. The zero-order valence-electron chi connectivity index (χ0n) is 14.9. The number of carbonyl (C=O) groups is 3. The second-order valence-corrected chi connectivity index (χ2v) is 7.29. The molecule has 1 atom stereocenters. The van der Waals surface area contributed by atoms with E-state index in [0.29, 0.717) is 12.1 Å². The van der Waals surface area contributed by atoms with E-state index in [4.69, 9.17) is 0 Å². The molecule has 1 aliphatic rings. The van der Waals surface area contributed by atoms with Gasteiger partial charge in [0.1, 0.15) is 0 Å². The second-order valence-electron chi connectivity index (χ2n) is 6.38. The minimum absolute atomic E-state index is 0.0985. The summed E-state index contributed by atoms with van der Waals surface area (Å²) >= 11 is 3.30. The molecule has 3 amide bonds. The molecular weight excluding hydrogens is 410 g/mol. The molecule has 2 aromatic carbocycles. The smallest absolute Gasteiger partial charge is 0.269 e. The summed E-state index contributed by atoms with van der Waals surface area (Å²) < 4.78 is 0.861. The number of nitrogens with zero attached hydrogens (tertiary/aromatic N) is 1. The fraction of sp³-hybridized carbons (Fsp3) is 0.250. The number of nitrogens with one attached hydrogen (secondary N) is 2. The highest BCUT2D eigenvalue weighted by atomic mass is 79.9. The third-order valence-electron chi connectivity index (χ3n) is 4.56. The third-order valence-corrected chi connectivity index (χ3v) is 5.09. The minimum Gasteiger partial charge on any atom is -0.312 e. The predicted octanol–water partition coefficient (Wildman–Crippen LogP) is 2.83. The van der Waals surface area contributed by atoms with Gasteiger partial charge in [0.2, 0.25) is 11.8 Å². The average molecular weight is 430 g/mol. The van der Waals surface area contributed by atoms with E-state index in [1.165, 1.54) is 5.56 Å². The van der Waals surface area contributed by atoms with Crippen LogP contribution in [0.2, 0.25) is 0 Å². The first-order chi connectivity index (χ1) is 13.0. The summed E-state index contributed by atoms with van der Waals surface area (Å²) in [6.07, 6.45) is 1.05. The van der Waals surface area contributed by atoms with Crippen molar-refractivity contribution in [1.82, 2.24) is 10.9 Å². The number of benzene rings is 2. The van der Waals surface area contributed by atoms with Crippen LogP contribution < -0.4 is 15.8 Å². The van der Waals surface area contributed by atoms with E-state index in [0.717, 1.165) is 16.6 Å². The Morgan fingerprint density at radius 2 is 1.74 bits per heavy atom. The number of rotatable bonds is 4. The van der Waals surface area contributed by atoms with Crippen LogP contribution >= 0.6 is 15.9 Å². The Kier molecular flexibility index (Phi) is 5.91. The fourth-order valence-corrected chi connectivity index (χ4v) is 3.20. The molecule has 6 nitrogen and oxygen atoms in total. The maximum Gasteiger partial charge on any atom is 0.269 e. The van der Waals surface area contributed by atoms with E-state index in [-0.39, 0.29) is 18.2 Å². The number of anilines is 1. The van der Waals surface area contributed by atoms with E-state index in [1.54, 1.807) is 29.2 Å². The van der Waals surface area contributed by atoms with Crippen molar-refractivity contribution in [2.75, 3.05) is 11.4 Å². The Hall–Kier alpha value is -2.67. The molecule has 1 aliphatic heterocycles. The fourth-order valence-electron chi connectivity index (χ4n) is 2.94. The van der Waals surface area contributed by atoms with Gasteiger partial charge in [0.05, 0.1) is 5.92 Å². The van der Waals surface area contributed by atoms with Crippen molar-refractivity contribution < 1.29 is 14.4 Å². The summed E-state index contributed by atoms with van der Waals surface area (Å²) in [5.74, 6) is -1.39. The molecule has 7 heteroatoms. The molecule has 0 saturated carbocycles. The Labute approximate surface area is 166 Å². The van der Waals surface area contributed by atoms with Crippen LogP contribution in [-0.4, -0.2) is 24.3 Å². The van der Waals surface area contributed by atoms with Crippen molar-refractivity contribution in [1.29, 1.82) is 0 Å². The van der Waals surface area contributed by atoms with Crippen LogP contribution in [-0.2, 0) is 16.0 Å². The second kappa shape index (κ2) is 8.35. The van der Waals surface area contributed by atoms with Gasteiger partial charge in [-0.3, -0.25) is 25.2 Å². The first-order valence-electron chi connectivity index (χ1n) is 8.73. The molecule has 0 aromatic heterocycles. The van der Waals surface area contributed by atoms with Crippen LogP contribution in [0.15, 0.2) is 53.0 Å². The molecular formula is C20H20BrN3O3. The quantitative estimate of drug-likeness (QED) is 0.733. The molecule has 3 rings (SSSR count). The number of halogens is 1. The molecule has 1 fully saturated rings. The lowest BCUT2D eigenvalue weighted by Gasteiger charge is -2.17. The lowest BCUT2D eigenvalue weighted by molar-refractivity contribution is -0.126. The largest absolute Gasteiger partial charge is 0.312 e. The van der Waals surface area contributed by atoms with Crippen molar-refractivity contribution in [3.8, 4) is 0 Å². The molecule has 2 aromatic rings. The molecule has 27 heavy (non-hydrogen) atoms. The van der Waals surface area contributed by atoms with Gasteiger partial charge in [0, 0.05) is 28.7 Å². The number of amides is 3. The topological polar surface area (TPSA) is 78.5 Å². The average Bonchev–Trinajstić information content (AvgIpc) is 3.08. The van der Waals surface area contributed by atoms with E-state index in [9.17, 15) is 14.4 Å². The van der Waals surface area contributed by atoms with Gasteiger partial charge in [0.25, 0.3) is 5.91 Å². The first kappa shape index (κ1) is 19.1. The van der Waals surface area contributed by atoms with Gasteiger partial charge in [-0.15, -0.1) is 0 Å². The van der Waals surface area contributed by atoms with Crippen LogP contribution in [0, 0.1) is 5.92 Å². The standard InChI is InChI=1S/C20H20BrN3O3/c1-2-13-3-9-17(10-4-13)24-12-15(11-18(24)25)20(27)23-22-19(26)14-5-7-16(21)8-6-14/h3-10,15H,2,11-12H2,1H3,(H,22,26)(H,23,27)/t15-/m0/s1. The first-order valence-corrected chi connectivity index (χ1v) is 9.52. The molecule has 0 radical (unpaired) electrons. The van der Waals surface area contributed by atoms with Gasteiger partial charge in [0.15, 0.2) is 0 Å². The summed E-state index contributed by atoms with van der Waals surface area (Å²) in [4.78, 5) is 38.3. The highest BCUT2D eigenvalue weighted by molar-refractivity contribution is 9.10. The van der Waals surface area contributed by atoms with Gasteiger partial charge in [-0.1, -0.05) is 35.0 Å². The predicted molar refractivity (Wildman–Crippen MR) is 106 cm³/mol. The number of carbonyl (C=O) groups excluding carboxylic acids is 3. The lowest BCUT2D eigenvalue weighted by atomic mass is 10.1. The summed E-state index contributed by atoms with van der Waals surface area (Å²) in [5.41, 5.74) is 7.22. The van der Waals surface area contributed by atoms with Gasteiger partial charge in [-0.2, -0.15) is 0 Å². The number of hydrogen-bond acceptors (Lipinski definition) is 3. The maximum atomic E-state index is 12.3. The Morgan fingerprint density at radius 3 is 2.37 bits per heavy atom. The van der Waals surface area contributed by atoms with Crippen LogP contribution in [0.4, 0.5) is 5.69 Å². The minimum atomic E-state index is -0.506. The number of hydrogen-bond donors (Lipinski definition) is 2. The van der Waals surface area contributed by atoms with Crippen molar-refractivity contribution in [2.45, 2.75) is 19.8 Å². The molecule has 1 heterocycles. The van der Waals surface area contributed by atoms with Crippen LogP contribution in [0.3, 0.4) is 0 Å². The molecule has 0 unspecified atom stereocenters. The zero-order valence-corrected chi connectivity index (χ0v) is 16.5. The van der Waals surface area contributed by atoms with Crippen molar-refractivity contribution in [3.05, 3.63) is 64.1 Å². The summed E-state index contributed by atoms with van der Waals surface area (Å²) in [6.45, 7) is 2.36. The van der Waals surface area contributed by atoms with Crippen molar-refractivity contribution in [2.24, 2.45) is 5.92 Å². The van der Waals surface area contributed by atoms with E-state index in [2.05, 4.69) is 33.7 Å². The number of aryl methyl sites for hydroxylation is 1. The number of hydrazine groups is 1. The molecule has 140 valence electrons. The van der Waals surface area contributed by atoms with E-state index >= 15 is 0 Å². The van der Waals surface area contributed by atoms with Gasteiger partial charge >= 0.3 is 0 Å². The van der Waals surface area contributed by atoms with Gasteiger partial charge < -0.3 is 4.90 Å². The lowest BCUT2D eigenvalue weighted by Crippen LogP contribution is -2.45. The molecule has 0 bridgehead atoms. The summed E-state index contributed by atoms with van der Waals surface area (Å²) in [7, 11) is 0. The van der Waals surface area contributed by atoms with Crippen LogP contribution in [0.25, 0.3) is 0 Å². The normalized spacial score (nSPS) is 16.3. The Morgan fingerprint density at radius 1 is 1.07 bits per heavy atom. The Balaban J connectivity index is 1.56. The summed E-state index contributed by atoms with van der Waals surface area (Å²) in [5, 5.41) is 0. The molecule has 2 N–H and O–H groups in total. The SMILES string of the molecule is CCc1ccc(N2C[C@@H](C(=O)NNC(=O)c3ccc(Br)cc3)CC2=O)cc1. The van der Waals surface area contributed by atoms with E-state index < -0.39 is 11.8 Å². The monoisotopic (exact) mass is 429 g/mol. The Bertz CT molecular complexity index is 850. The highest BCUT2D eigenvalue weighted by Gasteiger charge is 2.35.